The highest BCUT2D eigenvalue weighted by Crippen LogP contribution is 2.29. The van der Waals surface area contributed by atoms with Crippen molar-refractivity contribution in [3.8, 4) is 0 Å². The minimum absolute atomic E-state index is 0. The molecule has 3 heterocycles. The third-order valence-electron chi connectivity index (χ3n) is 4.62. The van der Waals surface area contributed by atoms with E-state index in [0.717, 1.165) is 17.9 Å². The fourth-order valence-electron chi connectivity index (χ4n) is 3.37. The molecule has 16 heavy (non-hydrogen) atoms. The maximum atomic E-state index is 3.50. The average Bonchev–Trinajstić information content (AvgIpc) is 2.69. The first kappa shape index (κ1) is 12.6. The Bertz CT molecular complexity index is 206. The van der Waals surface area contributed by atoms with E-state index in [1.54, 1.807) is 0 Å². The number of nitrogens with one attached hydrogen (secondary N) is 2. The number of hydrogen-bond acceptors (Lipinski definition) is 3. The van der Waals surface area contributed by atoms with Gasteiger partial charge in [-0.2, -0.15) is 0 Å². The molecular formula is C12H24ClN3. The molecule has 0 amide bonds. The first-order valence-electron chi connectivity index (χ1n) is 6.59. The molecule has 0 aromatic heterocycles. The zero-order valence-electron chi connectivity index (χ0n) is 9.95. The van der Waals surface area contributed by atoms with Gasteiger partial charge < -0.3 is 10.6 Å². The van der Waals surface area contributed by atoms with E-state index in [1.807, 2.05) is 0 Å². The number of rotatable bonds is 2. The van der Waals surface area contributed by atoms with Gasteiger partial charge >= 0.3 is 0 Å². The molecule has 2 N–H and O–H groups in total. The third-order valence-corrected chi connectivity index (χ3v) is 4.62. The molecule has 3 fully saturated rings. The van der Waals surface area contributed by atoms with Gasteiger partial charge in [0, 0.05) is 19.1 Å². The van der Waals surface area contributed by atoms with Crippen LogP contribution >= 0.6 is 12.4 Å². The van der Waals surface area contributed by atoms with Crippen LogP contribution in [0.1, 0.15) is 19.3 Å². The van der Waals surface area contributed by atoms with E-state index in [2.05, 4.69) is 15.5 Å². The average molecular weight is 246 g/mol. The standard InChI is InChI=1S/C12H23N3.ClH/c1-4-13-7-11(1)10-2-5-15(6-3-10)12-8-14-9-12;/h10-14H,1-9H2;1H. The molecule has 0 aliphatic carbocycles. The molecule has 0 radical (unpaired) electrons. The largest absolute Gasteiger partial charge is 0.316 e. The van der Waals surface area contributed by atoms with E-state index < -0.39 is 0 Å². The van der Waals surface area contributed by atoms with Crippen LogP contribution in [0.2, 0.25) is 0 Å². The zero-order chi connectivity index (χ0) is 10.1. The summed E-state index contributed by atoms with van der Waals surface area (Å²) < 4.78 is 0. The van der Waals surface area contributed by atoms with Gasteiger partial charge in [0.2, 0.25) is 0 Å². The summed E-state index contributed by atoms with van der Waals surface area (Å²) in [4.78, 5) is 2.70. The number of halogens is 1. The second-order valence-electron chi connectivity index (χ2n) is 5.44. The lowest BCUT2D eigenvalue weighted by Gasteiger charge is -2.43. The monoisotopic (exact) mass is 245 g/mol. The smallest absolute Gasteiger partial charge is 0.0345 e. The quantitative estimate of drug-likeness (QED) is 0.750. The van der Waals surface area contributed by atoms with Crippen molar-refractivity contribution in [3.63, 3.8) is 0 Å². The van der Waals surface area contributed by atoms with Crippen LogP contribution in [-0.2, 0) is 0 Å². The van der Waals surface area contributed by atoms with Crippen molar-refractivity contribution in [1.29, 1.82) is 0 Å². The van der Waals surface area contributed by atoms with Crippen LogP contribution in [0, 0.1) is 11.8 Å². The van der Waals surface area contributed by atoms with Crippen LogP contribution in [0.3, 0.4) is 0 Å². The Balaban J connectivity index is 0.000000963. The van der Waals surface area contributed by atoms with E-state index in [-0.39, 0.29) is 12.4 Å². The number of piperidine rings is 1. The molecule has 4 heteroatoms. The van der Waals surface area contributed by atoms with Gasteiger partial charge in [-0.05, 0) is 57.3 Å². The Morgan fingerprint density at radius 3 is 2.06 bits per heavy atom. The van der Waals surface area contributed by atoms with Crippen LogP contribution in [0.4, 0.5) is 0 Å². The highest BCUT2D eigenvalue weighted by molar-refractivity contribution is 5.85. The second kappa shape index (κ2) is 5.67. The van der Waals surface area contributed by atoms with Gasteiger partial charge in [0.05, 0.1) is 0 Å². The van der Waals surface area contributed by atoms with Gasteiger partial charge in [-0.3, -0.25) is 4.90 Å². The fraction of sp³-hybridized carbons (Fsp3) is 1.00. The van der Waals surface area contributed by atoms with E-state index in [0.29, 0.717) is 0 Å². The van der Waals surface area contributed by atoms with Gasteiger partial charge in [0.1, 0.15) is 0 Å². The van der Waals surface area contributed by atoms with Crippen molar-refractivity contribution in [1.82, 2.24) is 15.5 Å². The SMILES string of the molecule is C1CC(C2CCN(C3CNC3)CC2)CN1.Cl. The normalized spacial score (nSPS) is 33.4. The van der Waals surface area contributed by atoms with Crippen LogP contribution in [0.15, 0.2) is 0 Å². The lowest BCUT2D eigenvalue weighted by atomic mass is 9.83. The van der Waals surface area contributed by atoms with Crippen molar-refractivity contribution < 1.29 is 0 Å². The summed E-state index contributed by atoms with van der Waals surface area (Å²) in [6.07, 6.45) is 4.32. The first-order valence-corrected chi connectivity index (χ1v) is 6.59. The predicted octanol–water partition coefficient (Wildman–Crippen LogP) is 0.701. The molecule has 0 bridgehead atoms. The lowest BCUT2D eigenvalue weighted by molar-refractivity contribution is 0.0840. The Hall–Kier alpha value is 0.170. The van der Waals surface area contributed by atoms with E-state index in [1.165, 1.54) is 58.5 Å². The molecule has 3 rings (SSSR count). The van der Waals surface area contributed by atoms with Crippen LogP contribution < -0.4 is 10.6 Å². The molecule has 3 nitrogen and oxygen atoms in total. The minimum atomic E-state index is 0. The summed E-state index contributed by atoms with van der Waals surface area (Å²) in [6.45, 7) is 7.72. The van der Waals surface area contributed by atoms with Crippen molar-refractivity contribution in [2.24, 2.45) is 11.8 Å². The predicted molar refractivity (Wildman–Crippen MR) is 69.2 cm³/mol. The second-order valence-corrected chi connectivity index (χ2v) is 5.44. The van der Waals surface area contributed by atoms with Gasteiger partial charge in [-0.15, -0.1) is 12.4 Å². The van der Waals surface area contributed by atoms with Gasteiger partial charge in [-0.25, -0.2) is 0 Å². The molecule has 1 atom stereocenters. The van der Waals surface area contributed by atoms with Gasteiger partial charge in [-0.1, -0.05) is 0 Å². The summed E-state index contributed by atoms with van der Waals surface area (Å²) in [5.74, 6) is 2.01. The Morgan fingerprint density at radius 1 is 0.812 bits per heavy atom. The maximum absolute atomic E-state index is 3.50. The minimum Gasteiger partial charge on any atom is -0.316 e. The molecule has 3 saturated heterocycles. The Labute approximate surface area is 105 Å². The van der Waals surface area contributed by atoms with Crippen molar-refractivity contribution in [2.75, 3.05) is 39.3 Å². The zero-order valence-corrected chi connectivity index (χ0v) is 10.8. The Morgan fingerprint density at radius 2 is 1.56 bits per heavy atom. The van der Waals surface area contributed by atoms with Crippen LogP contribution in [0.5, 0.6) is 0 Å². The van der Waals surface area contributed by atoms with Gasteiger partial charge in [0.25, 0.3) is 0 Å². The molecule has 3 aliphatic rings. The Kier molecular flexibility index (Phi) is 4.48. The van der Waals surface area contributed by atoms with E-state index in [4.69, 9.17) is 0 Å². The van der Waals surface area contributed by atoms with Crippen molar-refractivity contribution >= 4 is 12.4 Å². The molecule has 0 spiro atoms. The fourth-order valence-corrected chi connectivity index (χ4v) is 3.37. The maximum Gasteiger partial charge on any atom is 0.0345 e. The molecule has 0 aromatic carbocycles. The lowest BCUT2D eigenvalue weighted by Crippen LogP contribution is -2.59. The summed E-state index contributed by atoms with van der Waals surface area (Å²) in [7, 11) is 0. The topological polar surface area (TPSA) is 27.3 Å². The number of hydrogen-bond donors (Lipinski definition) is 2. The number of nitrogens with zero attached hydrogens (tertiary/aromatic N) is 1. The first-order chi connectivity index (χ1) is 7.43. The van der Waals surface area contributed by atoms with E-state index in [9.17, 15) is 0 Å². The summed E-state index contributed by atoms with van der Waals surface area (Å²) in [5, 5.41) is 6.88. The number of likely N-dealkylation sites (tertiary alicyclic amines) is 1. The molecular weight excluding hydrogens is 222 g/mol. The highest BCUT2D eigenvalue weighted by atomic mass is 35.5. The summed E-state index contributed by atoms with van der Waals surface area (Å²) >= 11 is 0. The van der Waals surface area contributed by atoms with Crippen LogP contribution in [-0.4, -0.2) is 50.2 Å². The van der Waals surface area contributed by atoms with E-state index >= 15 is 0 Å². The molecule has 94 valence electrons. The highest BCUT2D eigenvalue weighted by Gasteiger charge is 2.32. The molecule has 3 aliphatic heterocycles. The molecule has 1 unspecified atom stereocenters. The summed E-state index contributed by atoms with van der Waals surface area (Å²) in [6, 6.07) is 0.868. The molecule has 0 aromatic rings. The van der Waals surface area contributed by atoms with Crippen molar-refractivity contribution in [3.05, 3.63) is 0 Å². The van der Waals surface area contributed by atoms with Crippen LogP contribution in [0.25, 0.3) is 0 Å². The third kappa shape index (κ3) is 2.53. The molecule has 0 saturated carbocycles. The van der Waals surface area contributed by atoms with Crippen molar-refractivity contribution in [2.45, 2.75) is 25.3 Å². The van der Waals surface area contributed by atoms with Gasteiger partial charge in [0.15, 0.2) is 0 Å². The summed E-state index contributed by atoms with van der Waals surface area (Å²) in [5.41, 5.74) is 0.